The molecular formula is C16H20N4O2S. The van der Waals surface area contributed by atoms with Gasteiger partial charge in [0.2, 0.25) is 5.89 Å². The molecule has 1 saturated carbocycles. The molecule has 0 aromatic carbocycles. The van der Waals surface area contributed by atoms with Crippen molar-refractivity contribution < 1.29 is 9.32 Å². The number of rotatable bonds is 4. The summed E-state index contributed by atoms with van der Waals surface area (Å²) in [5.41, 5.74) is 2.56. The molecule has 2 fully saturated rings. The summed E-state index contributed by atoms with van der Waals surface area (Å²) >= 11 is 1.43. The minimum absolute atomic E-state index is 0.110. The zero-order valence-corrected chi connectivity index (χ0v) is 14.0. The molecule has 0 spiro atoms. The highest BCUT2D eigenvalue weighted by atomic mass is 32.1. The molecule has 1 saturated heterocycles. The van der Waals surface area contributed by atoms with Crippen LogP contribution < -0.4 is 0 Å². The molecule has 122 valence electrons. The second-order valence-corrected chi connectivity index (χ2v) is 7.41. The Balaban J connectivity index is 1.40. The summed E-state index contributed by atoms with van der Waals surface area (Å²) in [7, 11) is 0. The van der Waals surface area contributed by atoms with Crippen LogP contribution >= 0.6 is 11.3 Å². The van der Waals surface area contributed by atoms with Gasteiger partial charge in [-0.1, -0.05) is 5.16 Å². The van der Waals surface area contributed by atoms with Gasteiger partial charge in [0.05, 0.1) is 11.2 Å². The zero-order chi connectivity index (χ0) is 15.8. The molecule has 2 aliphatic rings. The van der Waals surface area contributed by atoms with E-state index in [-0.39, 0.29) is 5.91 Å². The Kier molecular flexibility index (Phi) is 3.88. The fourth-order valence-corrected chi connectivity index (χ4v) is 3.94. The summed E-state index contributed by atoms with van der Waals surface area (Å²) in [6.07, 6.45) is 5.26. The van der Waals surface area contributed by atoms with Crippen LogP contribution in [0.1, 0.15) is 58.7 Å². The summed E-state index contributed by atoms with van der Waals surface area (Å²) in [4.78, 5) is 24.0. The second-order valence-electron chi connectivity index (χ2n) is 6.55. The number of carbonyl (C=O) groups excluding carboxylic acids is 1. The topological polar surface area (TPSA) is 72.1 Å². The number of carbonyl (C=O) groups is 1. The molecule has 3 heterocycles. The van der Waals surface area contributed by atoms with Crippen molar-refractivity contribution in [2.75, 3.05) is 13.1 Å². The number of piperidine rings is 1. The summed E-state index contributed by atoms with van der Waals surface area (Å²) in [5, 5.41) is 4.08. The van der Waals surface area contributed by atoms with E-state index in [1.54, 1.807) is 5.51 Å². The average Bonchev–Trinajstić information content (AvgIpc) is 3.16. The van der Waals surface area contributed by atoms with Crippen molar-refractivity contribution in [2.24, 2.45) is 5.92 Å². The minimum atomic E-state index is 0.110. The van der Waals surface area contributed by atoms with Crippen LogP contribution in [0.3, 0.4) is 0 Å². The number of hydrogen-bond donors (Lipinski definition) is 0. The Morgan fingerprint density at radius 1 is 1.43 bits per heavy atom. The van der Waals surface area contributed by atoms with Crippen LogP contribution in [0.2, 0.25) is 0 Å². The van der Waals surface area contributed by atoms with E-state index in [2.05, 4.69) is 15.1 Å². The SMILES string of the molecule is Cc1ncsc1C(=O)N1CCC[C@H](Cc2nc(C3CC3)no2)C1. The van der Waals surface area contributed by atoms with E-state index in [1.807, 2.05) is 11.8 Å². The monoisotopic (exact) mass is 332 g/mol. The number of amides is 1. The van der Waals surface area contributed by atoms with Gasteiger partial charge >= 0.3 is 0 Å². The van der Waals surface area contributed by atoms with Crippen molar-refractivity contribution in [2.45, 2.75) is 44.9 Å². The molecule has 0 radical (unpaired) electrons. The normalized spacial score (nSPS) is 21.6. The maximum atomic E-state index is 12.6. The van der Waals surface area contributed by atoms with Crippen molar-refractivity contribution in [3.05, 3.63) is 27.8 Å². The smallest absolute Gasteiger partial charge is 0.265 e. The van der Waals surface area contributed by atoms with Gasteiger partial charge in [0.15, 0.2) is 5.82 Å². The van der Waals surface area contributed by atoms with Crippen LogP contribution in [0.4, 0.5) is 0 Å². The van der Waals surface area contributed by atoms with Crippen LogP contribution in [0.25, 0.3) is 0 Å². The molecule has 2 aromatic heterocycles. The fourth-order valence-electron chi connectivity index (χ4n) is 3.17. The lowest BCUT2D eigenvalue weighted by Gasteiger charge is -2.32. The van der Waals surface area contributed by atoms with Crippen LogP contribution in [0.15, 0.2) is 10.0 Å². The lowest BCUT2D eigenvalue weighted by atomic mass is 9.94. The van der Waals surface area contributed by atoms with Crippen molar-refractivity contribution in [3.8, 4) is 0 Å². The van der Waals surface area contributed by atoms with Crippen molar-refractivity contribution in [1.82, 2.24) is 20.0 Å². The highest BCUT2D eigenvalue weighted by molar-refractivity contribution is 7.11. The molecule has 6 nitrogen and oxygen atoms in total. The van der Waals surface area contributed by atoms with Crippen molar-refractivity contribution >= 4 is 17.2 Å². The van der Waals surface area contributed by atoms with Gasteiger partial charge in [-0.15, -0.1) is 11.3 Å². The van der Waals surface area contributed by atoms with Crippen molar-refractivity contribution in [3.63, 3.8) is 0 Å². The molecule has 2 aromatic rings. The largest absolute Gasteiger partial charge is 0.339 e. The number of thiazole rings is 1. The molecular weight excluding hydrogens is 312 g/mol. The van der Waals surface area contributed by atoms with Crippen LogP contribution in [-0.2, 0) is 6.42 Å². The highest BCUT2D eigenvalue weighted by Crippen LogP contribution is 2.38. The number of likely N-dealkylation sites (tertiary alicyclic amines) is 1. The summed E-state index contributed by atoms with van der Waals surface area (Å²) in [6, 6.07) is 0. The highest BCUT2D eigenvalue weighted by Gasteiger charge is 2.30. The third kappa shape index (κ3) is 3.15. The Hall–Kier alpha value is -1.76. The van der Waals surface area contributed by atoms with Gasteiger partial charge in [-0.3, -0.25) is 4.79 Å². The fraction of sp³-hybridized carbons (Fsp3) is 0.625. The maximum absolute atomic E-state index is 12.6. The van der Waals surface area contributed by atoms with E-state index in [1.165, 1.54) is 24.2 Å². The molecule has 23 heavy (non-hydrogen) atoms. The molecule has 1 atom stereocenters. The van der Waals surface area contributed by atoms with E-state index in [4.69, 9.17) is 4.52 Å². The van der Waals surface area contributed by atoms with Gasteiger partial charge in [-0.25, -0.2) is 4.98 Å². The number of hydrogen-bond acceptors (Lipinski definition) is 6. The van der Waals surface area contributed by atoms with Crippen LogP contribution in [0, 0.1) is 12.8 Å². The molecule has 1 aliphatic heterocycles. The van der Waals surface area contributed by atoms with Gasteiger partial charge in [0.25, 0.3) is 5.91 Å². The molecule has 1 aliphatic carbocycles. The summed E-state index contributed by atoms with van der Waals surface area (Å²) in [6.45, 7) is 3.48. The first-order valence-electron chi connectivity index (χ1n) is 8.22. The first-order chi connectivity index (χ1) is 11.2. The van der Waals surface area contributed by atoms with Gasteiger partial charge in [-0.05, 0) is 38.5 Å². The molecule has 0 bridgehead atoms. The molecule has 7 heteroatoms. The molecule has 0 N–H and O–H groups in total. The van der Waals surface area contributed by atoms with Gasteiger partial charge in [-0.2, -0.15) is 4.98 Å². The predicted molar refractivity (Wildman–Crippen MR) is 85.5 cm³/mol. The van der Waals surface area contributed by atoms with E-state index >= 15 is 0 Å². The Morgan fingerprint density at radius 3 is 3.04 bits per heavy atom. The Morgan fingerprint density at radius 2 is 2.30 bits per heavy atom. The summed E-state index contributed by atoms with van der Waals surface area (Å²) in [5.74, 6) is 2.61. The molecule has 1 amide bonds. The third-order valence-electron chi connectivity index (χ3n) is 4.64. The quantitative estimate of drug-likeness (QED) is 0.861. The third-order valence-corrected chi connectivity index (χ3v) is 5.55. The van der Waals surface area contributed by atoms with Crippen LogP contribution in [-0.4, -0.2) is 39.0 Å². The molecule has 0 unspecified atom stereocenters. The van der Waals surface area contributed by atoms with E-state index < -0.39 is 0 Å². The van der Waals surface area contributed by atoms with Gasteiger partial charge < -0.3 is 9.42 Å². The van der Waals surface area contributed by atoms with Gasteiger partial charge in [0, 0.05) is 25.4 Å². The van der Waals surface area contributed by atoms with E-state index in [9.17, 15) is 4.79 Å². The lowest BCUT2D eigenvalue weighted by molar-refractivity contribution is 0.0672. The number of nitrogens with zero attached hydrogens (tertiary/aromatic N) is 4. The lowest BCUT2D eigenvalue weighted by Crippen LogP contribution is -2.40. The minimum Gasteiger partial charge on any atom is -0.339 e. The summed E-state index contributed by atoms with van der Waals surface area (Å²) < 4.78 is 5.38. The zero-order valence-electron chi connectivity index (χ0n) is 13.2. The maximum Gasteiger partial charge on any atom is 0.265 e. The predicted octanol–water partition coefficient (Wildman–Crippen LogP) is 2.81. The molecule has 4 rings (SSSR count). The van der Waals surface area contributed by atoms with Crippen LogP contribution in [0.5, 0.6) is 0 Å². The average molecular weight is 332 g/mol. The Labute approximate surface area is 138 Å². The number of aryl methyl sites for hydroxylation is 1. The first kappa shape index (κ1) is 14.8. The van der Waals surface area contributed by atoms with Gasteiger partial charge in [0.1, 0.15) is 4.88 Å². The standard InChI is InChI=1S/C16H20N4O2S/c1-10-14(23-9-17-10)16(21)20-6-2-3-11(8-20)7-13-18-15(19-22-13)12-4-5-12/h9,11-12H,2-8H2,1H3/t11-/m1/s1. The van der Waals surface area contributed by atoms with E-state index in [0.29, 0.717) is 11.8 Å². The first-order valence-corrected chi connectivity index (χ1v) is 9.10. The second kappa shape index (κ2) is 6.03. The Bertz CT molecular complexity index is 707. The van der Waals surface area contributed by atoms with E-state index in [0.717, 1.165) is 54.6 Å². The number of aromatic nitrogens is 3. The van der Waals surface area contributed by atoms with Crippen molar-refractivity contribution in [1.29, 1.82) is 0 Å².